The molecule has 2 aliphatic rings. The second kappa shape index (κ2) is 7.11. The van der Waals surface area contributed by atoms with Gasteiger partial charge in [-0.3, -0.25) is 4.90 Å². The van der Waals surface area contributed by atoms with Crippen molar-refractivity contribution in [2.75, 3.05) is 20.2 Å². The minimum atomic E-state index is 0.230. The maximum absolute atomic E-state index is 9.54. The van der Waals surface area contributed by atoms with Gasteiger partial charge in [0, 0.05) is 26.2 Å². The van der Waals surface area contributed by atoms with Crippen LogP contribution in [0.15, 0.2) is 0 Å². The second-order valence-corrected chi connectivity index (χ2v) is 7.63. The van der Waals surface area contributed by atoms with Crippen molar-refractivity contribution in [1.82, 2.24) is 4.90 Å². The molecule has 3 unspecified atom stereocenters. The van der Waals surface area contributed by atoms with Gasteiger partial charge in [0.15, 0.2) is 0 Å². The minimum Gasteiger partial charge on any atom is -0.381 e. The summed E-state index contributed by atoms with van der Waals surface area (Å²) < 4.78 is 5.48. The fourth-order valence-corrected chi connectivity index (χ4v) is 4.14. The highest BCUT2D eigenvalue weighted by Gasteiger charge is 2.40. The van der Waals surface area contributed by atoms with Crippen LogP contribution in [0.1, 0.15) is 59.3 Å². The van der Waals surface area contributed by atoms with Gasteiger partial charge in [0.25, 0.3) is 0 Å². The first kappa shape index (κ1) is 16.8. The van der Waals surface area contributed by atoms with E-state index in [1.54, 1.807) is 0 Å². The highest BCUT2D eigenvalue weighted by atomic mass is 16.5. The summed E-state index contributed by atoms with van der Waals surface area (Å²) in [5.74, 6) is 0.991. The molecule has 3 atom stereocenters. The van der Waals surface area contributed by atoms with Crippen LogP contribution >= 0.6 is 0 Å². The molecule has 1 saturated carbocycles. The summed E-state index contributed by atoms with van der Waals surface area (Å²) in [6.45, 7) is 9.30. The summed E-state index contributed by atoms with van der Waals surface area (Å²) in [5, 5.41) is 9.54. The zero-order chi connectivity index (χ0) is 15.5. The van der Waals surface area contributed by atoms with Crippen LogP contribution in [0.4, 0.5) is 0 Å². The molecule has 21 heavy (non-hydrogen) atoms. The van der Waals surface area contributed by atoms with E-state index in [4.69, 9.17) is 4.74 Å². The van der Waals surface area contributed by atoms with Crippen LogP contribution < -0.4 is 0 Å². The van der Waals surface area contributed by atoms with E-state index in [2.05, 4.69) is 31.7 Å². The van der Waals surface area contributed by atoms with Crippen molar-refractivity contribution in [3.63, 3.8) is 0 Å². The van der Waals surface area contributed by atoms with E-state index in [-0.39, 0.29) is 5.92 Å². The largest absolute Gasteiger partial charge is 0.381 e. The first-order chi connectivity index (χ1) is 10.0. The lowest BCUT2D eigenvalue weighted by Crippen LogP contribution is -2.50. The third-order valence-electron chi connectivity index (χ3n) is 6.28. The maximum Gasteiger partial charge on any atom is 0.0672 e. The molecule has 0 spiro atoms. The van der Waals surface area contributed by atoms with Crippen molar-refractivity contribution in [3.8, 4) is 6.07 Å². The molecular formula is C18H32N2O. The van der Waals surface area contributed by atoms with Crippen LogP contribution in [0.2, 0.25) is 0 Å². The molecule has 0 amide bonds. The molecule has 1 heterocycles. The van der Waals surface area contributed by atoms with Gasteiger partial charge in [-0.05, 0) is 43.4 Å². The summed E-state index contributed by atoms with van der Waals surface area (Å²) in [7, 11) is 1.82. The van der Waals surface area contributed by atoms with Crippen molar-refractivity contribution in [3.05, 3.63) is 0 Å². The Morgan fingerprint density at radius 3 is 2.38 bits per heavy atom. The molecule has 0 radical (unpaired) electrons. The van der Waals surface area contributed by atoms with Crippen LogP contribution in [-0.2, 0) is 4.74 Å². The van der Waals surface area contributed by atoms with Gasteiger partial charge in [0.05, 0.1) is 18.1 Å². The fraction of sp³-hybridized carbons (Fsp3) is 0.944. The molecule has 1 aliphatic carbocycles. The van der Waals surface area contributed by atoms with Crippen molar-refractivity contribution in [2.45, 2.75) is 71.4 Å². The number of likely N-dealkylation sites (tertiary alicyclic amines) is 1. The molecule has 1 saturated heterocycles. The van der Waals surface area contributed by atoms with Crippen LogP contribution in [-0.4, -0.2) is 37.2 Å². The Morgan fingerprint density at radius 1 is 1.19 bits per heavy atom. The maximum atomic E-state index is 9.54. The van der Waals surface area contributed by atoms with Gasteiger partial charge in [0.2, 0.25) is 0 Å². The minimum absolute atomic E-state index is 0.230. The van der Waals surface area contributed by atoms with Gasteiger partial charge < -0.3 is 4.74 Å². The Bertz CT molecular complexity index is 366. The van der Waals surface area contributed by atoms with E-state index in [9.17, 15) is 5.26 Å². The van der Waals surface area contributed by atoms with Gasteiger partial charge >= 0.3 is 0 Å². The molecule has 2 rings (SSSR count). The Labute approximate surface area is 130 Å². The van der Waals surface area contributed by atoms with Gasteiger partial charge in [0.1, 0.15) is 0 Å². The number of ether oxygens (including phenoxy) is 1. The molecule has 3 nitrogen and oxygen atoms in total. The summed E-state index contributed by atoms with van der Waals surface area (Å²) in [5.41, 5.74) is 0.406. The predicted molar refractivity (Wildman–Crippen MR) is 85.9 cm³/mol. The monoisotopic (exact) mass is 292 g/mol. The summed E-state index contributed by atoms with van der Waals surface area (Å²) >= 11 is 0. The summed E-state index contributed by atoms with van der Waals surface area (Å²) in [6, 6.07) is 3.06. The van der Waals surface area contributed by atoms with E-state index in [1.807, 2.05) is 7.11 Å². The third kappa shape index (κ3) is 3.79. The van der Waals surface area contributed by atoms with Gasteiger partial charge in [-0.15, -0.1) is 0 Å². The SMILES string of the molecule is CCC(C)(C)C1CCC(C#N)C(N2CCC(OC)CC2)C1. The lowest BCUT2D eigenvalue weighted by molar-refractivity contribution is -0.00396. The van der Waals surface area contributed by atoms with Crippen LogP contribution in [0.25, 0.3) is 0 Å². The lowest BCUT2D eigenvalue weighted by Gasteiger charge is -2.46. The number of piperidine rings is 1. The number of nitriles is 1. The van der Waals surface area contributed by atoms with E-state index in [1.165, 1.54) is 19.3 Å². The number of hydrogen-bond acceptors (Lipinski definition) is 3. The van der Waals surface area contributed by atoms with Crippen LogP contribution in [0, 0.1) is 28.6 Å². The van der Waals surface area contributed by atoms with Gasteiger partial charge in [-0.2, -0.15) is 5.26 Å². The number of rotatable bonds is 4. The van der Waals surface area contributed by atoms with Crippen molar-refractivity contribution in [1.29, 1.82) is 5.26 Å². The van der Waals surface area contributed by atoms with E-state index in [0.29, 0.717) is 17.6 Å². The molecule has 1 aliphatic heterocycles. The summed E-state index contributed by atoms with van der Waals surface area (Å²) in [4.78, 5) is 2.58. The normalized spacial score (nSPS) is 32.8. The van der Waals surface area contributed by atoms with Crippen molar-refractivity contribution in [2.24, 2.45) is 17.3 Å². The summed E-state index contributed by atoms with van der Waals surface area (Å²) in [6.07, 6.45) is 7.40. The quantitative estimate of drug-likeness (QED) is 0.790. The fourth-order valence-electron chi connectivity index (χ4n) is 4.14. The van der Waals surface area contributed by atoms with Crippen molar-refractivity contribution >= 4 is 0 Å². The zero-order valence-electron chi connectivity index (χ0n) is 14.3. The average molecular weight is 292 g/mol. The van der Waals surface area contributed by atoms with Gasteiger partial charge in [-0.25, -0.2) is 0 Å². The zero-order valence-corrected chi connectivity index (χ0v) is 14.3. The Hall–Kier alpha value is -0.590. The van der Waals surface area contributed by atoms with Gasteiger partial charge in [-0.1, -0.05) is 27.2 Å². The topological polar surface area (TPSA) is 36.3 Å². The molecule has 0 aromatic heterocycles. The number of nitrogens with zero attached hydrogens (tertiary/aromatic N) is 2. The third-order valence-corrected chi connectivity index (χ3v) is 6.28. The Morgan fingerprint density at radius 2 is 1.86 bits per heavy atom. The average Bonchev–Trinajstić information content (AvgIpc) is 2.54. The first-order valence-electron chi connectivity index (χ1n) is 8.68. The molecule has 120 valence electrons. The lowest BCUT2D eigenvalue weighted by atomic mass is 9.65. The predicted octanol–water partition coefficient (Wildman–Crippen LogP) is 3.84. The standard InChI is InChI=1S/C18H32N2O/c1-5-18(2,3)15-7-6-14(13-19)17(12-15)20-10-8-16(21-4)9-11-20/h14-17H,5-12H2,1-4H3. The molecule has 0 N–H and O–H groups in total. The van der Waals surface area contributed by atoms with E-state index >= 15 is 0 Å². The van der Waals surface area contributed by atoms with E-state index < -0.39 is 0 Å². The second-order valence-electron chi connectivity index (χ2n) is 7.63. The Balaban J connectivity index is 2.02. The molecule has 2 fully saturated rings. The highest BCUT2D eigenvalue weighted by molar-refractivity contribution is 5.00. The number of methoxy groups -OCH3 is 1. The Kier molecular flexibility index (Phi) is 5.68. The molecule has 0 aromatic rings. The number of hydrogen-bond donors (Lipinski definition) is 0. The van der Waals surface area contributed by atoms with Crippen LogP contribution in [0.5, 0.6) is 0 Å². The molecule has 0 bridgehead atoms. The molecule has 3 heteroatoms. The van der Waals surface area contributed by atoms with E-state index in [0.717, 1.165) is 38.3 Å². The first-order valence-corrected chi connectivity index (χ1v) is 8.68. The smallest absolute Gasteiger partial charge is 0.0672 e. The molecule has 0 aromatic carbocycles. The van der Waals surface area contributed by atoms with Crippen LogP contribution in [0.3, 0.4) is 0 Å². The molecular weight excluding hydrogens is 260 g/mol. The van der Waals surface area contributed by atoms with Crippen molar-refractivity contribution < 1.29 is 4.74 Å². The highest BCUT2D eigenvalue weighted by Crippen LogP contribution is 2.43.